The normalized spacial score (nSPS) is 33.8. The van der Waals surface area contributed by atoms with Gasteiger partial charge in [-0.25, -0.2) is 0 Å². The predicted molar refractivity (Wildman–Crippen MR) is 74.3 cm³/mol. The highest BCUT2D eigenvalue weighted by molar-refractivity contribution is 5.79. The molecule has 3 unspecified atom stereocenters. The van der Waals surface area contributed by atoms with Gasteiger partial charge in [-0.3, -0.25) is 4.79 Å². The van der Waals surface area contributed by atoms with Crippen molar-refractivity contribution in [3.8, 4) is 0 Å². The first-order chi connectivity index (χ1) is 8.38. The second-order valence-electron chi connectivity index (χ2n) is 7.33. The maximum Gasteiger partial charge on any atom is 0.226 e. The van der Waals surface area contributed by atoms with Crippen molar-refractivity contribution in [2.24, 2.45) is 23.2 Å². The highest BCUT2D eigenvalue weighted by atomic mass is 16.2. The highest BCUT2D eigenvalue weighted by Crippen LogP contribution is 2.34. The van der Waals surface area contributed by atoms with Crippen LogP contribution >= 0.6 is 0 Å². The molecule has 0 saturated carbocycles. The predicted octanol–water partition coefficient (Wildman–Crippen LogP) is 2.13. The summed E-state index contributed by atoms with van der Waals surface area (Å²) in [5.74, 6) is 1.90. The lowest BCUT2D eigenvalue weighted by atomic mass is 9.80. The third-order valence-corrected chi connectivity index (χ3v) is 4.64. The topological polar surface area (TPSA) is 32.3 Å². The third-order valence-electron chi connectivity index (χ3n) is 4.64. The van der Waals surface area contributed by atoms with E-state index < -0.39 is 0 Å². The number of likely N-dealkylation sites (tertiary alicyclic amines) is 1. The van der Waals surface area contributed by atoms with Crippen LogP contribution in [0.15, 0.2) is 0 Å². The van der Waals surface area contributed by atoms with Gasteiger partial charge < -0.3 is 10.2 Å². The zero-order chi connectivity index (χ0) is 13.3. The summed E-state index contributed by atoms with van der Waals surface area (Å²) in [7, 11) is 0. The molecule has 0 aromatic heterocycles. The number of piperidine rings is 1. The molecule has 2 fully saturated rings. The standard InChI is InChI=1S/C15H28N2O/c1-11-7-12(9-16-8-11)14(18)17-6-5-13(10-17)15(2,3)4/h11-13,16H,5-10H2,1-4H3. The summed E-state index contributed by atoms with van der Waals surface area (Å²) in [4.78, 5) is 14.6. The summed E-state index contributed by atoms with van der Waals surface area (Å²) < 4.78 is 0. The molecule has 18 heavy (non-hydrogen) atoms. The van der Waals surface area contributed by atoms with Crippen LogP contribution in [0.2, 0.25) is 0 Å². The number of rotatable bonds is 1. The molecule has 3 nitrogen and oxygen atoms in total. The number of carbonyl (C=O) groups excluding carboxylic acids is 1. The lowest BCUT2D eigenvalue weighted by Gasteiger charge is -2.31. The summed E-state index contributed by atoms with van der Waals surface area (Å²) in [5, 5.41) is 3.38. The summed E-state index contributed by atoms with van der Waals surface area (Å²) in [5.41, 5.74) is 0.327. The molecule has 2 saturated heterocycles. The second kappa shape index (κ2) is 5.20. The van der Waals surface area contributed by atoms with E-state index >= 15 is 0 Å². The monoisotopic (exact) mass is 252 g/mol. The Morgan fingerprint density at radius 3 is 2.56 bits per heavy atom. The minimum absolute atomic E-state index is 0.215. The van der Waals surface area contributed by atoms with Gasteiger partial charge in [0.25, 0.3) is 0 Å². The Bertz CT molecular complexity index is 308. The van der Waals surface area contributed by atoms with Gasteiger partial charge >= 0.3 is 0 Å². The Hall–Kier alpha value is -0.570. The van der Waals surface area contributed by atoms with Gasteiger partial charge in [0.15, 0.2) is 0 Å². The van der Waals surface area contributed by atoms with Crippen molar-refractivity contribution in [3.63, 3.8) is 0 Å². The van der Waals surface area contributed by atoms with Crippen molar-refractivity contribution < 1.29 is 4.79 Å². The molecule has 3 heteroatoms. The number of nitrogens with one attached hydrogen (secondary N) is 1. The van der Waals surface area contributed by atoms with E-state index in [1.807, 2.05) is 0 Å². The molecule has 1 N–H and O–H groups in total. The molecule has 0 radical (unpaired) electrons. The fraction of sp³-hybridized carbons (Fsp3) is 0.933. The van der Waals surface area contributed by atoms with Crippen LogP contribution in [0.25, 0.3) is 0 Å². The molecule has 3 atom stereocenters. The van der Waals surface area contributed by atoms with Crippen molar-refractivity contribution in [1.82, 2.24) is 10.2 Å². The number of hydrogen-bond donors (Lipinski definition) is 1. The molecule has 2 aliphatic heterocycles. The van der Waals surface area contributed by atoms with Gasteiger partial charge in [0.1, 0.15) is 0 Å². The van der Waals surface area contributed by atoms with Crippen LogP contribution in [-0.2, 0) is 4.79 Å². The Balaban J connectivity index is 1.91. The highest BCUT2D eigenvalue weighted by Gasteiger charge is 2.36. The Labute approximate surface area is 111 Å². The average molecular weight is 252 g/mol. The van der Waals surface area contributed by atoms with E-state index in [1.165, 1.54) is 6.42 Å². The summed E-state index contributed by atoms with van der Waals surface area (Å²) in [6.45, 7) is 13.0. The Morgan fingerprint density at radius 1 is 1.28 bits per heavy atom. The molecule has 0 aromatic rings. The van der Waals surface area contributed by atoms with Gasteiger partial charge in [-0.05, 0) is 36.6 Å². The lowest BCUT2D eigenvalue weighted by Crippen LogP contribution is -2.44. The summed E-state index contributed by atoms with van der Waals surface area (Å²) in [6, 6.07) is 0. The van der Waals surface area contributed by atoms with Crippen LogP contribution in [0, 0.1) is 23.2 Å². The lowest BCUT2D eigenvalue weighted by molar-refractivity contribution is -0.135. The van der Waals surface area contributed by atoms with Crippen LogP contribution in [-0.4, -0.2) is 37.0 Å². The Morgan fingerprint density at radius 2 is 2.00 bits per heavy atom. The van der Waals surface area contributed by atoms with Crippen LogP contribution < -0.4 is 5.32 Å². The molecule has 104 valence electrons. The number of hydrogen-bond acceptors (Lipinski definition) is 2. The molecular weight excluding hydrogens is 224 g/mol. The number of nitrogens with zero attached hydrogens (tertiary/aromatic N) is 1. The van der Waals surface area contributed by atoms with E-state index in [0.717, 1.165) is 32.6 Å². The van der Waals surface area contributed by atoms with Crippen molar-refractivity contribution in [1.29, 1.82) is 0 Å². The molecule has 2 heterocycles. The van der Waals surface area contributed by atoms with Crippen LogP contribution in [0.1, 0.15) is 40.5 Å². The van der Waals surface area contributed by atoms with Crippen molar-refractivity contribution in [2.75, 3.05) is 26.2 Å². The van der Waals surface area contributed by atoms with Crippen LogP contribution in [0.5, 0.6) is 0 Å². The molecule has 2 aliphatic rings. The second-order valence-corrected chi connectivity index (χ2v) is 7.33. The zero-order valence-corrected chi connectivity index (χ0v) is 12.3. The van der Waals surface area contributed by atoms with Gasteiger partial charge in [-0.1, -0.05) is 27.7 Å². The minimum atomic E-state index is 0.215. The van der Waals surface area contributed by atoms with E-state index in [-0.39, 0.29) is 5.92 Å². The van der Waals surface area contributed by atoms with E-state index in [2.05, 4.69) is 37.9 Å². The largest absolute Gasteiger partial charge is 0.342 e. The first-order valence-electron chi connectivity index (χ1n) is 7.37. The molecule has 1 amide bonds. The first kappa shape index (κ1) is 13.9. The number of amides is 1. The van der Waals surface area contributed by atoms with Crippen molar-refractivity contribution in [2.45, 2.75) is 40.5 Å². The average Bonchev–Trinajstić information content (AvgIpc) is 2.77. The molecule has 0 aliphatic carbocycles. The SMILES string of the molecule is CC1CNCC(C(=O)N2CCC(C(C)(C)C)C2)C1. The molecule has 2 rings (SSSR count). The smallest absolute Gasteiger partial charge is 0.226 e. The zero-order valence-electron chi connectivity index (χ0n) is 12.3. The first-order valence-corrected chi connectivity index (χ1v) is 7.37. The Kier molecular flexibility index (Phi) is 4.00. The van der Waals surface area contributed by atoms with Crippen LogP contribution in [0.3, 0.4) is 0 Å². The fourth-order valence-electron chi connectivity index (χ4n) is 3.27. The maximum absolute atomic E-state index is 12.5. The van der Waals surface area contributed by atoms with Crippen molar-refractivity contribution >= 4 is 5.91 Å². The van der Waals surface area contributed by atoms with Gasteiger partial charge in [0.2, 0.25) is 5.91 Å². The number of carbonyl (C=O) groups is 1. The van der Waals surface area contributed by atoms with E-state index in [4.69, 9.17) is 0 Å². The van der Waals surface area contributed by atoms with Gasteiger partial charge in [0.05, 0.1) is 5.92 Å². The van der Waals surface area contributed by atoms with Gasteiger partial charge in [0, 0.05) is 19.6 Å². The molecule has 0 aromatic carbocycles. The maximum atomic E-state index is 12.5. The summed E-state index contributed by atoms with van der Waals surface area (Å²) in [6.07, 6.45) is 2.23. The van der Waals surface area contributed by atoms with E-state index in [0.29, 0.717) is 23.2 Å². The van der Waals surface area contributed by atoms with E-state index in [9.17, 15) is 4.79 Å². The fourth-order valence-corrected chi connectivity index (χ4v) is 3.27. The van der Waals surface area contributed by atoms with Crippen molar-refractivity contribution in [3.05, 3.63) is 0 Å². The quantitative estimate of drug-likeness (QED) is 0.775. The van der Waals surface area contributed by atoms with Crippen LogP contribution in [0.4, 0.5) is 0 Å². The van der Waals surface area contributed by atoms with Gasteiger partial charge in [-0.2, -0.15) is 0 Å². The molecule has 0 bridgehead atoms. The minimum Gasteiger partial charge on any atom is -0.342 e. The van der Waals surface area contributed by atoms with Gasteiger partial charge in [-0.15, -0.1) is 0 Å². The third kappa shape index (κ3) is 3.05. The summed E-state index contributed by atoms with van der Waals surface area (Å²) >= 11 is 0. The molecule has 0 spiro atoms. The van der Waals surface area contributed by atoms with E-state index in [1.54, 1.807) is 0 Å². The molecular formula is C15H28N2O.